The van der Waals surface area contributed by atoms with Crippen LogP contribution in [0.3, 0.4) is 0 Å². The van der Waals surface area contributed by atoms with Gasteiger partial charge in [0.15, 0.2) is 0 Å². The molecule has 1 aromatic rings. The van der Waals surface area contributed by atoms with Gasteiger partial charge in [-0.25, -0.2) is 0 Å². The van der Waals surface area contributed by atoms with Gasteiger partial charge in [0.2, 0.25) is 0 Å². The van der Waals surface area contributed by atoms with Crippen molar-refractivity contribution in [1.29, 1.82) is 0 Å². The zero-order valence-electron chi connectivity index (χ0n) is 10.5. The van der Waals surface area contributed by atoms with Crippen molar-refractivity contribution in [2.75, 3.05) is 26.2 Å². The van der Waals surface area contributed by atoms with Gasteiger partial charge in [-0.05, 0) is 23.8 Å². The van der Waals surface area contributed by atoms with Crippen LogP contribution in [-0.4, -0.2) is 42.4 Å². The van der Waals surface area contributed by atoms with Crippen LogP contribution in [0.4, 0.5) is 13.2 Å². The van der Waals surface area contributed by atoms with Crippen LogP contribution in [0.25, 0.3) is 0 Å². The van der Waals surface area contributed by atoms with Crippen molar-refractivity contribution in [3.63, 3.8) is 0 Å². The minimum Gasteiger partial charge on any atom is -0.508 e. The fraction of sp³-hybridized carbons (Fsp3) is 0.500. The SMILES string of the molecule is Cl.Oc1ccc(Br)c([C@H](N2CCNCC2)C(F)(F)F)c1. The van der Waals surface area contributed by atoms with Gasteiger partial charge < -0.3 is 10.4 Å². The molecule has 2 rings (SSSR count). The quantitative estimate of drug-likeness (QED) is 0.834. The molecule has 0 spiro atoms. The number of halogens is 5. The lowest BCUT2D eigenvalue weighted by molar-refractivity contribution is -0.188. The van der Waals surface area contributed by atoms with E-state index in [1.807, 2.05) is 0 Å². The molecule has 0 radical (unpaired) electrons. The predicted molar refractivity (Wildman–Crippen MR) is 76.3 cm³/mol. The standard InChI is InChI=1S/C12H14BrF3N2O.ClH/c13-10-2-1-8(19)7-9(10)11(12(14,15)16)18-5-3-17-4-6-18;/h1-2,7,11,17,19H,3-6H2;1H/t11-;/m0./s1. The molecule has 1 aromatic carbocycles. The van der Waals surface area contributed by atoms with E-state index in [2.05, 4.69) is 21.2 Å². The van der Waals surface area contributed by atoms with Gasteiger partial charge in [-0.3, -0.25) is 4.90 Å². The average molecular weight is 376 g/mol. The predicted octanol–water partition coefficient (Wildman–Crippen LogP) is 3.09. The Morgan fingerprint density at radius 1 is 1.25 bits per heavy atom. The van der Waals surface area contributed by atoms with Crippen LogP contribution in [0.2, 0.25) is 0 Å². The monoisotopic (exact) mass is 374 g/mol. The molecule has 0 aliphatic carbocycles. The number of phenols is 1. The summed E-state index contributed by atoms with van der Waals surface area (Å²) in [4.78, 5) is 1.38. The maximum Gasteiger partial charge on any atom is 0.408 e. The Morgan fingerprint density at radius 3 is 2.40 bits per heavy atom. The highest BCUT2D eigenvalue weighted by atomic mass is 79.9. The van der Waals surface area contributed by atoms with Crippen LogP contribution in [0.5, 0.6) is 5.75 Å². The highest BCUT2D eigenvalue weighted by molar-refractivity contribution is 9.10. The van der Waals surface area contributed by atoms with Gasteiger partial charge in [-0.15, -0.1) is 12.4 Å². The molecule has 0 amide bonds. The third-order valence-electron chi connectivity index (χ3n) is 3.10. The van der Waals surface area contributed by atoms with Crippen molar-refractivity contribution in [2.45, 2.75) is 12.2 Å². The Kier molecular flexibility index (Phi) is 6.12. The van der Waals surface area contributed by atoms with E-state index in [1.54, 1.807) is 0 Å². The number of phenolic OH excluding ortho intramolecular Hbond substituents is 1. The first kappa shape index (κ1) is 17.6. The van der Waals surface area contributed by atoms with E-state index in [9.17, 15) is 18.3 Å². The van der Waals surface area contributed by atoms with Gasteiger partial charge in [0.05, 0.1) is 0 Å². The van der Waals surface area contributed by atoms with Crippen LogP contribution in [0, 0.1) is 0 Å². The minimum absolute atomic E-state index is 0. The summed E-state index contributed by atoms with van der Waals surface area (Å²) in [6.45, 7) is 1.71. The number of hydrogen-bond donors (Lipinski definition) is 2. The van der Waals surface area contributed by atoms with Gasteiger partial charge in [-0.1, -0.05) is 15.9 Å². The van der Waals surface area contributed by atoms with Crippen LogP contribution in [-0.2, 0) is 0 Å². The first-order valence-corrected chi connectivity index (χ1v) is 6.69. The molecule has 1 heterocycles. The van der Waals surface area contributed by atoms with Crippen LogP contribution in [0.15, 0.2) is 22.7 Å². The van der Waals surface area contributed by atoms with Crippen molar-refractivity contribution >= 4 is 28.3 Å². The number of nitrogens with zero attached hydrogens (tertiary/aromatic N) is 1. The van der Waals surface area contributed by atoms with Crippen molar-refractivity contribution in [3.8, 4) is 5.75 Å². The molecule has 0 bridgehead atoms. The molecular formula is C12H15BrClF3N2O. The molecule has 114 valence electrons. The number of hydrogen-bond acceptors (Lipinski definition) is 3. The lowest BCUT2D eigenvalue weighted by atomic mass is 10.0. The van der Waals surface area contributed by atoms with E-state index in [4.69, 9.17) is 0 Å². The average Bonchev–Trinajstić information content (AvgIpc) is 2.33. The molecule has 8 heteroatoms. The van der Waals surface area contributed by atoms with E-state index < -0.39 is 12.2 Å². The fourth-order valence-electron chi connectivity index (χ4n) is 2.26. The molecule has 3 nitrogen and oxygen atoms in total. The lowest BCUT2D eigenvalue weighted by Crippen LogP contribution is -2.49. The lowest BCUT2D eigenvalue weighted by Gasteiger charge is -2.36. The zero-order valence-corrected chi connectivity index (χ0v) is 12.9. The van der Waals surface area contributed by atoms with E-state index in [0.717, 1.165) is 0 Å². The minimum atomic E-state index is -4.38. The van der Waals surface area contributed by atoms with Crippen molar-refractivity contribution in [3.05, 3.63) is 28.2 Å². The number of nitrogens with one attached hydrogen (secondary N) is 1. The van der Waals surface area contributed by atoms with Crippen LogP contribution in [0.1, 0.15) is 11.6 Å². The van der Waals surface area contributed by atoms with Crippen molar-refractivity contribution in [2.24, 2.45) is 0 Å². The third-order valence-corrected chi connectivity index (χ3v) is 3.82. The maximum absolute atomic E-state index is 13.3. The Morgan fingerprint density at radius 2 is 1.85 bits per heavy atom. The summed E-state index contributed by atoms with van der Waals surface area (Å²) in [6, 6.07) is 2.27. The van der Waals surface area contributed by atoms with E-state index in [0.29, 0.717) is 30.7 Å². The molecule has 1 atom stereocenters. The normalized spacial score (nSPS) is 18.4. The highest BCUT2D eigenvalue weighted by Gasteiger charge is 2.45. The second-order valence-electron chi connectivity index (χ2n) is 4.44. The smallest absolute Gasteiger partial charge is 0.408 e. The van der Waals surface area contributed by atoms with Crippen molar-refractivity contribution < 1.29 is 18.3 Å². The molecule has 0 aromatic heterocycles. The summed E-state index contributed by atoms with van der Waals surface area (Å²) >= 11 is 3.14. The highest BCUT2D eigenvalue weighted by Crippen LogP contribution is 2.41. The van der Waals surface area contributed by atoms with Crippen molar-refractivity contribution in [1.82, 2.24) is 10.2 Å². The van der Waals surface area contributed by atoms with E-state index >= 15 is 0 Å². The molecular weight excluding hydrogens is 360 g/mol. The summed E-state index contributed by atoms with van der Waals surface area (Å²) in [5, 5.41) is 12.5. The second-order valence-corrected chi connectivity index (χ2v) is 5.29. The van der Waals surface area contributed by atoms with Gasteiger partial charge in [0, 0.05) is 30.7 Å². The van der Waals surface area contributed by atoms with Gasteiger partial charge in [-0.2, -0.15) is 13.2 Å². The molecule has 1 aliphatic rings. The topological polar surface area (TPSA) is 35.5 Å². The molecule has 0 unspecified atom stereocenters. The number of alkyl halides is 3. The first-order valence-electron chi connectivity index (χ1n) is 5.89. The summed E-state index contributed by atoms with van der Waals surface area (Å²) in [7, 11) is 0. The largest absolute Gasteiger partial charge is 0.508 e. The summed E-state index contributed by atoms with van der Waals surface area (Å²) < 4.78 is 40.4. The molecule has 20 heavy (non-hydrogen) atoms. The molecule has 1 saturated heterocycles. The third kappa shape index (κ3) is 4.00. The fourth-order valence-corrected chi connectivity index (χ4v) is 2.72. The maximum atomic E-state index is 13.3. The number of rotatable bonds is 2. The number of benzene rings is 1. The number of aromatic hydroxyl groups is 1. The van der Waals surface area contributed by atoms with E-state index in [1.165, 1.54) is 23.1 Å². The summed E-state index contributed by atoms with van der Waals surface area (Å²) in [6.07, 6.45) is -4.38. The van der Waals surface area contributed by atoms with E-state index in [-0.39, 0.29) is 23.7 Å². The molecule has 1 fully saturated rings. The Hall–Kier alpha value is -0.500. The Labute approximate surface area is 129 Å². The van der Waals surface area contributed by atoms with Crippen LogP contribution >= 0.6 is 28.3 Å². The summed E-state index contributed by atoms with van der Waals surface area (Å²) in [5.74, 6) is -0.164. The Balaban J connectivity index is 0.00000200. The second kappa shape index (κ2) is 6.98. The zero-order chi connectivity index (χ0) is 14.0. The van der Waals surface area contributed by atoms with Gasteiger partial charge >= 0.3 is 6.18 Å². The number of piperazine rings is 1. The van der Waals surface area contributed by atoms with Gasteiger partial charge in [0.25, 0.3) is 0 Å². The molecule has 1 aliphatic heterocycles. The first-order chi connectivity index (χ1) is 8.89. The molecule has 0 saturated carbocycles. The Bertz CT molecular complexity index is 453. The van der Waals surface area contributed by atoms with Gasteiger partial charge in [0.1, 0.15) is 11.8 Å². The van der Waals surface area contributed by atoms with Crippen LogP contribution < -0.4 is 5.32 Å². The molecule has 2 N–H and O–H groups in total. The summed E-state index contributed by atoms with van der Waals surface area (Å²) in [5.41, 5.74) is 0.0504.